The number of hydrogen-bond donors (Lipinski definition) is 12. The quantitative estimate of drug-likeness (QED) is 0.0384. The van der Waals surface area contributed by atoms with Crippen LogP contribution in [0.3, 0.4) is 0 Å². The average Bonchev–Trinajstić information content (AvgIpc) is 4.02. The van der Waals surface area contributed by atoms with Crippen LogP contribution in [0.25, 0.3) is 33.4 Å². The number of ether oxygens (including phenoxy) is 1. The lowest BCUT2D eigenvalue weighted by molar-refractivity contribution is 0.348. The first kappa shape index (κ1) is 48.5. The Morgan fingerprint density at radius 1 is 0.553 bits per heavy atom. The lowest BCUT2D eigenvalue weighted by Crippen LogP contribution is -2.32. The summed E-state index contributed by atoms with van der Waals surface area (Å²) in [6.07, 6.45) is 2.56. The summed E-state index contributed by atoms with van der Waals surface area (Å²) in [4.78, 5) is -0.373. The van der Waals surface area contributed by atoms with Gasteiger partial charge in [0, 0.05) is 55.5 Å². The molecule has 0 amide bonds. The van der Waals surface area contributed by atoms with Crippen molar-refractivity contribution in [2.45, 2.75) is 92.3 Å². The first-order chi connectivity index (χ1) is 36.2. The van der Waals surface area contributed by atoms with E-state index in [0.717, 1.165) is 51.1 Å². The summed E-state index contributed by atoms with van der Waals surface area (Å²) in [5.74, 6) is -8.73. The van der Waals surface area contributed by atoms with Gasteiger partial charge >= 0.3 is 0 Å². The van der Waals surface area contributed by atoms with Gasteiger partial charge < -0.3 is 66.0 Å². The van der Waals surface area contributed by atoms with E-state index in [9.17, 15) is 61.3 Å². The molecule has 15 heteroatoms. The number of benzene rings is 8. The van der Waals surface area contributed by atoms with Crippen LogP contribution in [0.1, 0.15) is 114 Å². The summed E-state index contributed by atoms with van der Waals surface area (Å²) in [6, 6.07) is 31.0. The monoisotopic (exact) mass is 1030 g/mol. The molecule has 2 radical (unpaired) electrons. The molecule has 1 heterocycles. The minimum absolute atomic E-state index is 0.0487. The van der Waals surface area contributed by atoms with E-state index in [1.54, 1.807) is 13.8 Å². The van der Waals surface area contributed by atoms with E-state index in [2.05, 4.69) is 36.4 Å². The maximum absolute atomic E-state index is 12.9. The highest BCUT2D eigenvalue weighted by Gasteiger charge is 2.52. The molecule has 1 atom stereocenters. The smallest absolute Gasteiger partial charge is 0.200 e. The third-order valence-corrected chi connectivity index (χ3v) is 18.1. The van der Waals surface area contributed by atoms with Gasteiger partial charge in [-0.05, 0) is 89.9 Å². The van der Waals surface area contributed by atoms with Crippen molar-refractivity contribution < 1.29 is 66.0 Å². The summed E-state index contributed by atoms with van der Waals surface area (Å²) < 4.78 is 6.68. The highest BCUT2D eigenvalue weighted by atomic mass is 32.2. The normalized spacial score (nSPS) is 15.5. The number of phenols is 12. The molecule has 0 aromatic heterocycles. The Kier molecular flexibility index (Phi) is 10.7. The van der Waals surface area contributed by atoms with Crippen LogP contribution >= 0.6 is 11.8 Å². The zero-order valence-electron chi connectivity index (χ0n) is 41.6. The van der Waals surface area contributed by atoms with Crippen molar-refractivity contribution in [1.82, 2.24) is 0 Å². The van der Waals surface area contributed by atoms with Crippen molar-refractivity contribution in [3.05, 3.63) is 147 Å². The third kappa shape index (κ3) is 6.29. The van der Waals surface area contributed by atoms with Crippen molar-refractivity contribution in [3.8, 4) is 114 Å². The number of rotatable bonds is 8. The molecule has 8 aromatic rings. The second kappa shape index (κ2) is 16.8. The number of fused-ring (bicyclic) bond motifs is 12. The summed E-state index contributed by atoms with van der Waals surface area (Å²) in [7, 11) is 5.85. The molecule has 0 bridgehead atoms. The summed E-state index contributed by atoms with van der Waals surface area (Å²) in [5, 5.41) is 139. The van der Waals surface area contributed by atoms with Gasteiger partial charge in [-0.2, -0.15) is 0 Å². The molecule has 1 unspecified atom stereocenters. The molecule has 12 rings (SSSR count). The van der Waals surface area contributed by atoms with Crippen molar-refractivity contribution in [1.29, 1.82) is 0 Å². The highest BCUT2D eigenvalue weighted by molar-refractivity contribution is 7.99. The molecule has 1 spiro atoms. The van der Waals surface area contributed by atoms with Gasteiger partial charge in [0.05, 0.1) is 26.3 Å². The molecule has 1 aliphatic heterocycles. The van der Waals surface area contributed by atoms with Gasteiger partial charge in [0.25, 0.3) is 0 Å². The molecule has 3 aliphatic carbocycles. The van der Waals surface area contributed by atoms with Gasteiger partial charge in [0.15, 0.2) is 34.5 Å². The van der Waals surface area contributed by atoms with Crippen LogP contribution in [0, 0.1) is 6.92 Å². The maximum atomic E-state index is 12.9. The van der Waals surface area contributed by atoms with E-state index in [-0.39, 0.29) is 78.5 Å². The number of hydrogen-bond acceptors (Lipinski definition) is 14. The Morgan fingerprint density at radius 3 is 1.74 bits per heavy atom. The predicted molar refractivity (Wildman–Crippen MR) is 287 cm³/mol. The third-order valence-electron chi connectivity index (χ3n) is 16.7. The van der Waals surface area contributed by atoms with Crippen LogP contribution in [-0.4, -0.2) is 69.1 Å². The van der Waals surface area contributed by atoms with E-state index in [0.29, 0.717) is 36.8 Å². The molecule has 76 heavy (non-hydrogen) atoms. The van der Waals surface area contributed by atoms with Crippen molar-refractivity contribution in [3.63, 3.8) is 0 Å². The zero-order valence-corrected chi connectivity index (χ0v) is 42.4. The molecule has 382 valence electrons. The first-order valence-electron chi connectivity index (χ1n) is 25.0. The molecule has 13 nitrogen and oxygen atoms in total. The lowest BCUT2D eigenvalue weighted by Gasteiger charge is -2.39. The zero-order chi connectivity index (χ0) is 53.8. The molecular weight excluding hydrogens is 984 g/mol. The van der Waals surface area contributed by atoms with E-state index < -0.39 is 84.9 Å². The topological polar surface area (TPSA) is 252 Å². The van der Waals surface area contributed by atoms with Crippen LogP contribution in [0.5, 0.6) is 80.5 Å². The average molecular weight is 1030 g/mol. The SMILES string of the molecule is [B]c1c(O)c(O)c(O)c(-c2c(O)c(O)c(C)c(Sc3c(O)c4c(c(O)c3CCC(C)c3ccc5c(c3)C3(c6ccccc6O5)c5ccccc5-c5ccccc53)C(C)(C)c3c(O)c(C5CCC5)c(O)c(O)c3-4)c2O)c1O. The van der Waals surface area contributed by atoms with Crippen LogP contribution in [0.2, 0.25) is 0 Å². The van der Waals surface area contributed by atoms with Crippen molar-refractivity contribution >= 4 is 25.1 Å². The van der Waals surface area contributed by atoms with Crippen LogP contribution in [0.15, 0.2) is 101 Å². The van der Waals surface area contributed by atoms with Gasteiger partial charge in [-0.15, -0.1) is 0 Å². The van der Waals surface area contributed by atoms with Gasteiger partial charge in [-0.1, -0.05) is 118 Å². The fraction of sp³-hybridized carbons (Fsp3) is 0.213. The number of para-hydroxylation sites is 1. The Morgan fingerprint density at radius 2 is 1.09 bits per heavy atom. The molecule has 4 aliphatic rings. The molecule has 0 saturated heterocycles. The summed E-state index contributed by atoms with van der Waals surface area (Å²) in [5.41, 5.74) is 3.09. The Bertz CT molecular complexity index is 3800. The Hall–Kier alpha value is -8.43. The fourth-order valence-corrected chi connectivity index (χ4v) is 13.8. The standard InChI is InChI=1S/C61H51BO13S/c1-25(28-21-23-37-35(24-28)61(34-18-9-10-19-36(34)75-37)32-16-7-5-14-29(32)30-15-6-8-17-33(30)61)20-22-31-47(64)43-40(39-44(60(43,3)4)48(65)38(27-12-11-13-27)50(67)51(39)68)54(71)59(31)76-58-26(2)46(63)52(69)42(55(58)72)41-49(66)45(62)56(73)57(74)53(41)70/h5-10,14-19,21,23-25,27,63-74H,11-13,20,22H2,1-4H3. The number of phenolic OH excluding ortho intramolecular Hbond substituents is 12. The van der Waals surface area contributed by atoms with Gasteiger partial charge in [0.2, 0.25) is 5.75 Å². The second-order valence-electron chi connectivity index (χ2n) is 21.0. The minimum Gasteiger partial charge on any atom is -0.508 e. The second-order valence-corrected chi connectivity index (χ2v) is 22.0. The van der Waals surface area contributed by atoms with Gasteiger partial charge in [-0.25, -0.2) is 0 Å². The van der Waals surface area contributed by atoms with E-state index in [1.807, 2.05) is 61.5 Å². The summed E-state index contributed by atoms with van der Waals surface area (Å²) >= 11 is 0.638. The van der Waals surface area contributed by atoms with Crippen molar-refractivity contribution in [2.75, 3.05) is 0 Å². The Balaban J connectivity index is 1.03. The molecular formula is C61H51BO13S. The van der Waals surface area contributed by atoms with E-state index >= 15 is 0 Å². The van der Waals surface area contributed by atoms with Crippen LogP contribution in [-0.2, 0) is 17.3 Å². The van der Waals surface area contributed by atoms with E-state index in [1.165, 1.54) is 6.92 Å². The largest absolute Gasteiger partial charge is 0.508 e. The fourth-order valence-electron chi connectivity index (χ4n) is 12.7. The van der Waals surface area contributed by atoms with Crippen molar-refractivity contribution in [2.24, 2.45) is 0 Å². The lowest BCUT2D eigenvalue weighted by atomic mass is 9.65. The predicted octanol–water partition coefficient (Wildman–Crippen LogP) is 11.9. The minimum atomic E-state index is -1.29. The van der Waals surface area contributed by atoms with Gasteiger partial charge in [0.1, 0.15) is 48.1 Å². The maximum Gasteiger partial charge on any atom is 0.200 e. The first-order valence-corrected chi connectivity index (χ1v) is 25.8. The molecule has 1 saturated carbocycles. The van der Waals surface area contributed by atoms with Crippen LogP contribution in [0.4, 0.5) is 0 Å². The van der Waals surface area contributed by atoms with E-state index in [4.69, 9.17) is 12.6 Å². The summed E-state index contributed by atoms with van der Waals surface area (Å²) in [6.45, 7) is 6.84. The van der Waals surface area contributed by atoms with Crippen LogP contribution < -0.4 is 10.2 Å². The molecule has 1 fully saturated rings. The highest BCUT2D eigenvalue weighted by Crippen LogP contribution is 2.69. The Labute approximate surface area is 441 Å². The molecule has 12 N–H and O–H groups in total. The molecule has 8 aromatic carbocycles. The van der Waals surface area contributed by atoms with Gasteiger partial charge in [-0.3, -0.25) is 0 Å². The number of aromatic hydroxyl groups is 12.